The number of nitrogens with zero attached hydrogens (tertiary/aromatic N) is 3. The highest BCUT2D eigenvalue weighted by Crippen LogP contribution is 2.28. The Morgan fingerprint density at radius 2 is 2.02 bits per heavy atom. The number of nitrogen functional groups attached to an aromatic ring is 1. The van der Waals surface area contributed by atoms with Gasteiger partial charge in [0.25, 0.3) is 12.0 Å². The lowest BCUT2D eigenvalue weighted by atomic mass is 9.83. The summed E-state index contributed by atoms with van der Waals surface area (Å²) in [5.74, 6) is -0.676. The smallest absolute Gasteiger partial charge is 0.351 e. The largest absolute Gasteiger partial charge is 0.489 e. The molecule has 7 N–H and O–H groups in total. The molecule has 4 heterocycles. The van der Waals surface area contributed by atoms with Crippen LogP contribution in [0.15, 0.2) is 53.3 Å². The van der Waals surface area contributed by atoms with Crippen LogP contribution in [-0.4, -0.2) is 82.9 Å². The lowest BCUT2D eigenvalue weighted by Crippen LogP contribution is -2.69. The third-order valence-corrected chi connectivity index (χ3v) is 7.85. The molecule has 44 heavy (non-hydrogen) atoms. The van der Waals surface area contributed by atoms with Gasteiger partial charge >= 0.3 is 5.97 Å². The summed E-state index contributed by atoms with van der Waals surface area (Å²) in [4.78, 5) is 47.1. The summed E-state index contributed by atoms with van der Waals surface area (Å²) in [5, 5.41) is 30.1. The summed E-state index contributed by atoms with van der Waals surface area (Å²) in [7, 11) is 0. The lowest BCUT2D eigenvalue weighted by molar-refractivity contribution is -0.152. The van der Waals surface area contributed by atoms with Crippen LogP contribution in [0.25, 0.3) is 10.8 Å². The molecule has 2 aliphatic rings. The van der Waals surface area contributed by atoms with Gasteiger partial charge in [0, 0.05) is 28.7 Å². The first-order chi connectivity index (χ1) is 21.1. The fourth-order valence-electron chi connectivity index (χ4n) is 4.94. The second kappa shape index (κ2) is 14.1. The van der Waals surface area contributed by atoms with Crippen molar-refractivity contribution in [2.45, 2.75) is 50.4 Å². The summed E-state index contributed by atoms with van der Waals surface area (Å²) >= 11 is 1.12. The molecule has 15 heteroatoms. The van der Waals surface area contributed by atoms with E-state index < -0.39 is 23.5 Å². The van der Waals surface area contributed by atoms with Crippen molar-refractivity contribution in [2.24, 2.45) is 5.16 Å². The molecular weight excluding hydrogens is 588 g/mol. The number of amides is 1. The zero-order valence-electron chi connectivity index (χ0n) is 24.5. The number of oxime groups is 1. The van der Waals surface area contributed by atoms with E-state index in [9.17, 15) is 14.7 Å². The molecule has 2 saturated heterocycles. The standard InChI is InChI=1S/C28H34N8O5S.CH2O/c1-15-23(28(2,3)35-15)34-25(37)22(20-14-42-27(29)33-20)36-41-21(26(38)39)13-40-18-4-5-19-16(12-18)6-11-31-24(19)32-17-7-9-30-10-8-17;1-2/h4-6,11-12,14,17,21,23,30,35H,1,7-10,13H2,2-3H3,(H2,29,33)(H,31,32)(H,34,37)(H,38,39);1H2/b36-22-;/t21?,23-;/m1./s1. The normalized spacial score (nSPS) is 18.5. The fourth-order valence-corrected chi connectivity index (χ4v) is 5.49. The van der Waals surface area contributed by atoms with Gasteiger partial charge < -0.3 is 46.5 Å². The molecule has 0 aliphatic carbocycles. The second-order valence-corrected chi connectivity index (χ2v) is 11.6. The van der Waals surface area contributed by atoms with Crippen LogP contribution in [0.5, 0.6) is 5.75 Å². The molecule has 2 atom stereocenters. The molecule has 0 radical (unpaired) electrons. The van der Waals surface area contributed by atoms with Crippen molar-refractivity contribution in [3.8, 4) is 5.75 Å². The first kappa shape index (κ1) is 32.2. The molecule has 1 aromatic carbocycles. The first-order valence-corrected chi connectivity index (χ1v) is 14.7. The van der Waals surface area contributed by atoms with E-state index >= 15 is 0 Å². The maximum Gasteiger partial charge on any atom is 0.351 e. The zero-order valence-corrected chi connectivity index (χ0v) is 25.3. The number of hydrogen-bond acceptors (Lipinski definition) is 13. The number of fused-ring (bicyclic) bond motifs is 1. The van der Waals surface area contributed by atoms with Gasteiger partial charge in [0.05, 0.1) is 11.6 Å². The van der Waals surface area contributed by atoms with Crippen molar-refractivity contribution in [1.29, 1.82) is 0 Å². The number of carbonyl (C=O) groups excluding carboxylic acids is 2. The molecule has 5 rings (SSSR count). The van der Waals surface area contributed by atoms with Crippen LogP contribution in [0.3, 0.4) is 0 Å². The molecule has 2 aromatic heterocycles. The third kappa shape index (κ3) is 7.60. The summed E-state index contributed by atoms with van der Waals surface area (Å²) in [6, 6.07) is 7.28. The van der Waals surface area contributed by atoms with E-state index in [2.05, 4.69) is 43.0 Å². The summed E-state index contributed by atoms with van der Waals surface area (Å²) in [5.41, 5.74) is 5.93. The van der Waals surface area contributed by atoms with Crippen molar-refractivity contribution in [3.05, 3.63) is 53.8 Å². The van der Waals surface area contributed by atoms with Crippen LogP contribution < -0.4 is 31.7 Å². The number of carboxylic acids is 1. The van der Waals surface area contributed by atoms with Crippen molar-refractivity contribution < 1.29 is 29.1 Å². The van der Waals surface area contributed by atoms with E-state index in [4.69, 9.17) is 20.1 Å². The van der Waals surface area contributed by atoms with E-state index in [1.807, 2.05) is 38.8 Å². The van der Waals surface area contributed by atoms with Crippen LogP contribution >= 0.6 is 11.3 Å². The number of carboxylic acid groups (broad SMARTS) is 1. The van der Waals surface area contributed by atoms with Crippen molar-refractivity contribution in [2.75, 3.05) is 30.7 Å². The predicted octanol–water partition coefficient (Wildman–Crippen LogP) is 1.89. The zero-order chi connectivity index (χ0) is 31.9. The Morgan fingerprint density at radius 1 is 1.27 bits per heavy atom. The Morgan fingerprint density at radius 3 is 2.66 bits per heavy atom. The monoisotopic (exact) mass is 624 g/mol. The number of carbonyl (C=O) groups is 3. The van der Waals surface area contributed by atoms with Crippen LogP contribution in [-0.2, 0) is 19.2 Å². The Balaban J connectivity index is 0.00000216. The van der Waals surface area contributed by atoms with E-state index in [1.165, 1.54) is 0 Å². The van der Waals surface area contributed by atoms with Crippen molar-refractivity contribution in [3.63, 3.8) is 0 Å². The van der Waals surface area contributed by atoms with Crippen molar-refractivity contribution in [1.82, 2.24) is 25.9 Å². The van der Waals surface area contributed by atoms with E-state index in [0.29, 0.717) is 17.5 Å². The van der Waals surface area contributed by atoms with Gasteiger partial charge in [0.15, 0.2) is 10.8 Å². The molecule has 14 nitrogen and oxygen atoms in total. The van der Waals surface area contributed by atoms with Gasteiger partial charge in [-0.25, -0.2) is 14.8 Å². The minimum atomic E-state index is -1.51. The number of thiazole rings is 1. The quantitative estimate of drug-likeness (QED) is 0.134. The Labute approximate surface area is 258 Å². The topological polar surface area (TPSA) is 202 Å². The number of anilines is 2. The molecule has 0 spiro atoms. The fraction of sp³-hybridized carbons (Fsp3) is 0.379. The average molecular weight is 625 g/mol. The number of nitrogens with two attached hydrogens (primary N) is 1. The van der Waals surface area contributed by atoms with E-state index in [0.717, 1.165) is 53.9 Å². The molecule has 0 bridgehead atoms. The van der Waals surface area contributed by atoms with Gasteiger partial charge in [-0.2, -0.15) is 0 Å². The number of piperidine rings is 1. The molecule has 1 amide bonds. The number of nitrogens with one attached hydrogen (secondary N) is 4. The Hall–Kier alpha value is -4.76. The van der Waals surface area contributed by atoms with Crippen LogP contribution in [0.1, 0.15) is 32.4 Å². The van der Waals surface area contributed by atoms with Gasteiger partial charge in [-0.1, -0.05) is 11.7 Å². The molecule has 234 valence electrons. The van der Waals surface area contributed by atoms with Crippen molar-refractivity contribution >= 4 is 57.4 Å². The van der Waals surface area contributed by atoms with Crippen LogP contribution in [0.4, 0.5) is 10.9 Å². The maximum atomic E-state index is 13.2. The Bertz CT molecular complexity index is 1540. The average Bonchev–Trinajstić information content (AvgIpc) is 3.44. The highest BCUT2D eigenvalue weighted by Gasteiger charge is 2.43. The lowest BCUT2D eigenvalue weighted by Gasteiger charge is -2.48. The Kier molecular flexibility index (Phi) is 10.3. The second-order valence-electron chi connectivity index (χ2n) is 10.7. The maximum absolute atomic E-state index is 13.2. The predicted molar refractivity (Wildman–Crippen MR) is 168 cm³/mol. The van der Waals surface area contributed by atoms with E-state index in [1.54, 1.807) is 17.6 Å². The SMILES string of the molecule is C=C1NC(C)(C)[C@@H]1NC(=O)/C(=N\OC(COc1ccc2c(NC3CCNCC3)nccc2c1)C(=O)O)c1csc(N)n1.C=O. The summed E-state index contributed by atoms with van der Waals surface area (Å²) in [6.45, 7) is 11.3. The van der Waals surface area contributed by atoms with Gasteiger partial charge in [-0.05, 0) is 69.4 Å². The highest BCUT2D eigenvalue weighted by atomic mass is 32.1. The number of hydrogen-bond donors (Lipinski definition) is 6. The molecule has 2 fully saturated rings. The van der Waals surface area contributed by atoms with Gasteiger partial charge in [-0.3, -0.25) is 4.79 Å². The van der Waals surface area contributed by atoms with Gasteiger partial charge in [-0.15, -0.1) is 11.3 Å². The minimum Gasteiger partial charge on any atom is -0.489 e. The summed E-state index contributed by atoms with van der Waals surface area (Å²) < 4.78 is 5.78. The summed E-state index contributed by atoms with van der Waals surface area (Å²) in [6.07, 6.45) is 2.25. The molecule has 1 unspecified atom stereocenters. The molecular formula is C29H36N8O6S. The number of benzene rings is 1. The highest BCUT2D eigenvalue weighted by molar-refractivity contribution is 7.13. The van der Waals surface area contributed by atoms with Crippen LogP contribution in [0.2, 0.25) is 0 Å². The van der Waals surface area contributed by atoms with Gasteiger partial charge in [0.2, 0.25) is 0 Å². The van der Waals surface area contributed by atoms with E-state index in [-0.39, 0.29) is 29.2 Å². The molecule has 2 aliphatic heterocycles. The molecule has 0 saturated carbocycles. The minimum absolute atomic E-state index is 0.160. The number of pyridine rings is 1. The number of aliphatic carboxylic acids is 1. The third-order valence-electron chi connectivity index (χ3n) is 7.17. The number of aromatic nitrogens is 2. The van der Waals surface area contributed by atoms with Gasteiger partial charge in [0.1, 0.15) is 30.7 Å². The first-order valence-electron chi connectivity index (χ1n) is 13.8. The number of rotatable bonds is 11. The van der Waals surface area contributed by atoms with Crippen LogP contribution in [0, 0.1) is 0 Å². The molecule has 3 aromatic rings. The number of ether oxygens (including phenoxy) is 1.